The highest BCUT2D eigenvalue weighted by Crippen LogP contribution is 2.09. The number of imide groups is 2. The third-order valence-corrected chi connectivity index (χ3v) is 4.99. The second-order valence-corrected chi connectivity index (χ2v) is 7.64. The van der Waals surface area contributed by atoms with Crippen LogP contribution in [-0.4, -0.2) is 108 Å². The lowest BCUT2D eigenvalue weighted by Crippen LogP contribution is -2.58. The van der Waals surface area contributed by atoms with Crippen molar-refractivity contribution in [3.8, 4) is 0 Å². The number of carbonyl (C=O) groups excluding carboxylic acids is 6. The standard InChI is InChI=1S/C20H30N4O8/c1-3-5-19(29)31-13-23-15(25)9-21(10-16(23)26)7-8-22-11-17(27)24(18(28)12-22)14-32-20(30)6-4-2/h3-14H2,1-2H3. The summed E-state index contributed by atoms with van der Waals surface area (Å²) in [4.78, 5) is 77.0. The second kappa shape index (κ2) is 12.2. The minimum absolute atomic E-state index is 0.0354. The zero-order chi connectivity index (χ0) is 23.7. The summed E-state index contributed by atoms with van der Waals surface area (Å²) in [5.74, 6) is -2.84. The van der Waals surface area contributed by atoms with Crippen LogP contribution in [0.15, 0.2) is 0 Å². The van der Waals surface area contributed by atoms with Crippen LogP contribution in [0.4, 0.5) is 0 Å². The van der Waals surface area contributed by atoms with Crippen molar-refractivity contribution in [3.63, 3.8) is 0 Å². The van der Waals surface area contributed by atoms with Crippen molar-refractivity contribution in [2.75, 3.05) is 52.7 Å². The monoisotopic (exact) mass is 454 g/mol. The Morgan fingerprint density at radius 2 is 0.969 bits per heavy atom. The molecule has 0 atom stereocenters. The van der Waals surface area contributed by atoms with Gasteiger partial charge in [0.25, 0.3) is 0 Å². The van der Waals surface area contributed by atoms with Gasteiger partial charge in [-0.05, 0) is 12.8 Å². The van der Waals surface area contributed by atoms with Crippen molar-refractivity contribution in [1.29, 1.82) is 0 Å². The van der Waals surface area contributed by atoms with Crippen LogP contribution in [0.3, 0.4) is 0 Å². The maximum absolute atomic E-state index is 12.3. The molecule has 0 aromatic heterocycles. The van der Waals surface area contributed by atoms with Gasteiger partial charge < -0.3 is 9.47 Å². The van der Waals surface area contributed by atoms with E-state index in [0.29, 0.717) is 25.9 Å². The Labute approximate surface area is 186 Å². The molecule has 0 N–H and O–H groups in total. The van der Waals surface area contributed by atoms with Gasteiger partial charge in [0.15, 0.2) is 13.5 Å². The van der Waals surface area contributed by atoms with E-state index in [1.165, 1.54) is 0 Å². The maximum Gasteiger partial charge on any atom is 0.307 e. The van der Waals surface area contributed by atoms with Crippen LogP contribution < -0.4 is 0 Å². The van der Waals surface area contributed by atoms with Gasteiger partial charge in [0.2, 0.25) is 23.6 Å². The van der Waals surface area contributed by atoms with Crippen molar-refractivity contribution in [2.24, 2.45) is 0 Å². The Kier molecular flexibility index (Phi) is 9.72. The molecule has 0 unspecified atom stereocenters. The van der Waals surface area contributed by atoms with Gasteiger partial charge in [-0.25, -0.2) is 9.80 Å². The van der Waals surface area contributed by atoms with E-state index in [1.807, 2.05) is 13.8 Å². The highest BCUT2D eigenvalue weighted by molar-refractivity contribution is 6.00. The van der Waals surface area contributed by atoms with E-state index in [9.17, 15) is 28.8 Å². The third kappa shape index (κ3) is 7.38. The summed E-state index contributed by atoms with van der Waals surface area (Å²) >= 11 is 0. The zero-order valence-electron chi connectivity index (χ0n) is 18.5. The van der Waals surface area contributed by atoms with Crippen LogP contribution in [0.25, 0.3) is 0 Å². The van der Waals surface area contributed by atoms with Crippen LogP contribution >= 0.6 is 0 Å². The molecule has 0 saturated carbocycles. The van der Waals surface area contributed by atoms with E-state index in [4.69, 9.17) is 9.47 Å². The molecule has 2 fully saturated rings. The van der Waals surface area contributed by atoms with E-state index in [1.54, 1.807) is 9.80 Å². The summed E-state index contributed by atoms with van der Waals surface area (Å²) in [7, 11) is 0. The lowest BCUT2D eigenvalue weighted by atomic mass is 10.2. The first-order valence-electron chi connectivity index (χ1n) is 10.7. The molecule has 0 aromatic carbocycles. The summed E-state index contributed by atoms with van der Waals surface area (Å²) in [6.07, 6.45) is 1.65. The lowest BCUT2D eigenvalue weighted by Gasteiger charge is -2.35. The van der Waals surface area contributed by atoms with E-state index < -0.39 is 49.0 Å². The van der Waals surface area contributed by atoms with E-state index in [0.717, 1.165) is 9.80 Å². The number of esters is 2. The van der Waals surface area contributed by atoms with Crippen LogP contribution in [-0.2, 0) is 38.2 Å². The minimum atomic E-state index is -0.476. The molecule has 2 rings (SSSR count). The summed E-state index contributed by atoms with van der Waals surface area (Å²) in [5, 5.41) is 0. The number of ether oxygens (including phenoxy) is 2. The molecule has 4 amide bonds. The van der Waals surface area contributed by atoms with Gasteiger partial charge >= 0.3 is 11.9 Å². The Hall–Kier alpha value is -2.86. The number of amides is 4. The van der Waals surface area contributed by atoms with Crippen molar-refractivity contribution in [3.05, 3.63) is 0 Å². The van der Waals surface area contributed by atoms with E-state index >= 15 is 0 Å². The van der Waals surface area contributed by atoms with Gasteiger partial charge in [-0.3, -0.25) is 38.6 Å². The van der Waals surface area contributed by atoms with Gasteiger partial charge in [-0.15, -0.1) is 0 Å². The van der Waals surface area contributed by atoms with E-state index in [2.05, 4.69) is 0 Å². The number of nitrogens with zero attached hydrogens (tertiary/aromatic N) is 4. The smallest absolute Gasteiger partial charge is 0.307 e. The van der Waals surface area contributed by atoms with Gasteiger partial charge in [-0.1, -0.05) is 13.8 Å². The number of carbonyl (C=O) groups is 6. The normalized spacial score (nSPS) is 18.3. The summed E-state index contributed by atoms with van der Waals surface area (Å²) in [5.41, 5.74) is 0. The molecular formula is C20H30N4O8. The summed E-state index contributed by atoms with van der Waals surface area (Å²) < 4.78 is 9.89. The zero-order valence-corrected chi connectivity index (χ0v) is 18.5. The van der Waals surface area contributed by atoms with Gasteiger partial charge in [0.05, 0.1) is 26.2 Å². The topological polar surface area (TPSA) is 134 Å². The molecular weight excluding hydrogens is 424 g/mol. The first kappa shape index (κ1) is 25.4. The van der Waals surface area contributed by atoms with E-state index in [-0.39, 0.29) is 39.0 Å². The van der Waals surface area contributed by atoms with Crippen molar-refractivity contribution in [2.45, 2.75) is 39.5 Å². The Balaban J connectivity index is 1.76. The van der Waals surface area contributed by atoms with Crippen LogP contribution in [0.5, 0.6) is 0 Å². The molecule has 0 spiro atoms. The summed E-state index contributed by atoms with van der Waals surface area (Å²) in [6.45, 7) is 3.31. The molecule has 2 saturated heterocycles. The molecule has 0 radical (unpaired) electrons. The SMILES string of the molecule is CCCC(=O)OCN1C(=O)CN(CCN2CC(=O)N(COC(=O)CCC)C(=O)C2)CC1=O. The Morgan fingerprint density at radius 3 is 1.25 bits per heavy atom. The second-order valence-electron chi connectivity index (χ2n) is 7.64. The minimum Gasteiger partial charge on any atom is -0.444 e. The predicted octanol–water partition coefficient (Wildman–Crippen LogP) is -1.07. The quantitative estimate of drug-likeness (QED) is 0.281. The fraction of sp³-hybridized carbons (Fsp3) is 0.700. The van der Waals surface area contributed by atoms with Gasteiger partial charge in [-0.2, -0.15) is 0 Å². The molecule has 2 aliphatic heterocycles. The number of rotatable bonds is 11. The maximum atomic E-state index is 12.3. The number of piperazine rings is 2. The first-order chi connectivity index (χ1) is 15.2. The van der Waals surface area contributed by atoms with Crippen molar-refractivity contribution >= 4 is 35.6 Å². The van der Waals surface area contributed by atoms with Gasteiger partial charge in [0.1, 0.15) is 0 Å². The predicted molar refractivity (Wildman–Crippen MR) is 108 cm³/mol. The van der Waals surface area contributed by atoms with Crippen LogP contribution in [0, 0.1) is 0 Å². The Bertz CT molecular complexity index is 658. The molecule has 0 aliphatic carbocycles. The fourth-order valence-corrected chi connectivity index (χ4v) is 3.21. The fourth-order valence-electron chi connectivity index (χ4n) is 3.21. The third-order valence-electron chi connectivity index (χ3n) is 4.99. The molecule has 12 nitrogen and oxygen atoms in total. The molecule has 0 aromatic rings. The average Bonchev–Trinajstić information content (AvgIpc) is 2.71. The highest BCUT2D eigenvalue weighted by atomic mass is 16.6. The lowest BCUT2D eigenvalue weighted by molar-refractivity contribution is -0.167. The molecule has 12 heteroatoms. The van der Waals surface area contributed by atoms with Crippen molar-refractivity contribution in [1.82, 2.24) is 19.6 Å². The molecule has 2 aliphatic rings. The molecule has 0 bridgehead atoms. The summed E-state index contributed by atoms with van der Waals surface area (Å²) in [6, 6.07) is 0. The molecule has 178 valence electrons. The highest BCUT2D eigenvalue weighted by Gasteiger charge is 2.34. The largest absolute Gasteiger partial charge is 0.444 e. The van der Waals surface area contributed by atoms with Crippen LogP contribution in [0.2, 0.25) is 0 Å². The first-order valence-corrected chi connectivity index (χ1v) is 10.7. The van der Waals surface area contributed by atoms with Crippen LogP contribution in [0.1, 0.15) is 39.5 Å². The van der Waals surface area contributed by atoms with Crippen molar-refractivity contribution < 1.29 is 38.2 Å². The Morgan fingerprint density at radius 1 is 0.656 bits per heavy atom. The number of hydrogen-bond acceptors (Lipinski definition) is 10. The van der Waals surface area contributed by atoms with Gasteiger partial charge in [0, 0.05) is 25.9 Å². The molecule has 32 heavy (non-hydrogen) atoms. The number of hydrogen-bond donors (Lipinski definition) is 0. The average molecular weight is 454 g/mol. The molecule has 2 heterocycles.